The fraction of sp³-hybridized carbons (Fsp3) is 0.188. The Hall–Kier alpha value is -2.14. The van der Waals surface area contributed by atoms with Crippen LogP contribution in [0.3, 0.4) is 0 Å². The van der Waals surface area contributed by atoms with Crippen molar-refractivity contribution in [3.05, 3.63) is 54.1 Å². The molecular weight excluding hydrogens is 286 g/mol. The molecule has 0 bridgehead atoms. The molecule has 21 heavy (non-hydrogen) atoms. The maximum Gasteiger partial charge on any atom is 0.330 e. The van der Waals surface area contributed by atoms with Crippen molar-refractivity contribution in [1.82, 2.24) is 0 Å². The Balaban J connectivity index is 2.28. The van der Waals surface area contributed by atoms with E-state index in [-0.39, 0.29) is 0 Å². The number of aliphatic carboxylic acids is 1. The molecule has 2 rings (SSSR count). The number of hydrogen-bond donors (Lipinski definition) is 2. The van der Waals surface area contributed by atoms with E-state index in [4.69, 9.17) is 4.74 Å². The molecule has 2 aromatic rings. The Morgan fingerprint density at radius 3 is 2.43 bits per heavy atom. The molecule has 110 valence electrons. The summed E-state index contributed by atoms with van der Waals surface area (Å²) in [5.41, 5.74) is 1.35. The molecule has 0 radical (unpaired) electrons. The minimum Gasteiger partial charge on any atom is -0.495 e. The van der Waals surface area contributed by atoms with Crippen LogP contribution in [-0.2, 0) is 4.79 Å². The summed E-state index contributed by atoms with van der Waals surface area (Å²) in [5, 5.41) is 12.5. The second kappa shape index (κ2) is 7.04. The molecule has 0 aromatic heterocycles. The van der Waals surface area contributed by atoms with Crippen molar-refractivity contribution in [1.29, 1.82) is 0 Å². The summed E-state index contributed by atoms with van der Waals surface area (Å²) in [5.74, 6) is -0.317. The van der Waals surface area contributed by atoms with Gasteiger partial charge in [0.15, 0.2) is 6.04 Å². The third-order valence-electron chi connectivity index (χ3n) is 3.10. The van der Waals surface area contributed by atoms with Crippen molar-refractivity contribution in [2.45, 2.75) is 10.9 Å². The van der Waals surface area contributed by atoms with Crippen LogP contribution in [0.15, 0.2) is 53.4 Å². The summed E-state index contributed by atoms with van der Waals surface area (Å²) in [6.07, 6.45) is 1.98. The van der Waals surface area contributed by atoms with Gasteiger partial charge in [0, 0.05) is 4.90 Å². The number of para-hydroxylation sites is 2. The van der Waals surface area contributed by atoms with E-state index in [9.17, 15) is 9.90 Å². The molecule has 0 aliphatic rings. The Morgan fingerprint density at radius 1 is 1.19 bits per heavy atom. The first-order valence-electron chi connectivity index (χ1n) is 6.42. The molecule has 5 heteroatoms. The van der Waals surface area contributed by atoms with Crippen LogP contribution in [0.2, 0.25) is 0 Å². The zero-order chi connectivity index (χ0) is 15.2. The standard InChI is InChI=1S/C16H17NO3S/c1-20-14-6-4-3-5-13(14)17-15(16(18)19)11-7-9-12(21-2)10-8-11/h3-10,15,17H,1-2H3,(H,18,19). The summed E-state index contributed by atoms with van der Waals surface area (Å²) in [7, 11) is 1.56. The summed E-state index contributed by atoms with van der Waals surface area (Å²) < 4.78 is 5.24. The number of carbonyl (C=O) groups is 1. The van der Waals surface area contributed by atoms with E-state index in [1.54, 1.807) is 31.0 Å². The quantitative estimate of drug-likeness (QED) is 0.798. The number of anilines is 1. The van der Waals surface area contributed by atoms with E-state index in [0.717, 1.165) is 4.90 Å². The van der Waals surface area contributed by atoms with Gasteiger partial charge in [-0.05, 0) is 36.1 Å². The zero-order valence-electron chi connectivity index (χ0n) is 11.9. The number of rotatable bonds is 6. The first kappa shape index (κ1) is 15.3. The van der Waals surface area contributed by atoms with Gasteiger partial charge in [0.2, 0.25) is 0 Å². The van der Waals surface area contributed by atoms with Crippen LogP contribution in [-0.4, -0.2) is 24.4 Å². The molecule has 0 amide bonds. The second-order valence-electron chi connectivity index (χ2n) is 4.39. The van der Waals surface area contributed by atoms with Gasteiger partial charge in [-0.15, -0.1) is 11.8 Å². The Bertz CT molecular complexity index is 613. The fourth-order valence-electron chi connectivity index (χ4n) is 2.00. The number of hydrogen-bond acceptors (Lipinski definition) is 4. The van der Waals surface area contributed by atoms with Crippen LogP contribution in [0.25, 0.3) is 0 Å². The average molecular weight is 303 g/mol. The van der Waals surface area contributed by atoms with Crippen molar-refractivity contribution < 1.29 is 14.6 Å². The van der Waals surface area contributed by atoms with Gasteiger partial charge in [-0.2, -0.15) is 0 Å². The fourth-order valence-corrected chi connectivity index (χ4v) is 2.41. The molecule has 1 unspecified atom stereocenters. The first-order valence-corrected chi connectivity index (χ1v) is 7.64. The van der Waals surface area contributed by atoms with Gasteiger partial charge in [0.25, 0.3) is 0 Å². The number of ether oxygens (including phenoxy) is 1. The van der Waals surface area contributed by atoms with Gasteiger partial charge in [-0.25, -0.2) is 4.79 Å². The van der Waals surface area contributed by atoms with E-state index in [0.29, 0.717) is 17.0 Å². The topological polar surface area (TPSA) is 58.6 Å². The van der Waals surface area contributed by atoms with Gasteiger partial charge in [0.1, 0.15) is 5.75 Å². The highest BCUT2D eigenvalue weighted by atomic mass is 32.2. The molecule has 0 saturated carbocycles. The molecular formula is C16H17NO3S. The lowest BCUT2D eigenvalue weighted by molar-refractivity contribution is -0.138. The lowest BCUT2D eigenvalue weighted by Crippen LogP contribution is -2.20. The van der Waals surface area contributed by atoms with Crippen LogP contribution in [0.5, 0.6) is 5.75 Å². The number of carboxylic acids is 1. The molecule has 0 heterocycles. The normalized spacial score (nSPS) is 11.7. The molecule has 2 aromatic carbocycles. The van der Waals surface area contributed by atoms with E-state index < -0.39 is 12.0 Å². The van der Waals surface area contributed by atoms with Gasteiger partial charge in [-0.3, -0.25) is 0 Å². The van der Waals surface area contributed by atoms with Crippen LogP contribution < -0.4 is 10.1 Å². The molecule has 2 N–H and O–H groups in total. The summed E-state index contributed by atoms with van der Waals surface area (Å²) in [6.45, 7) is 0. The van der Waals surface area contributed by atoms with Crippen molar-refractivity contribution in [3.8, 4) is 5.75 Å². The third kappa shape index (κ3) is 3.70. The van der Waals surface area contributed by atoms with Crippen LogP contribution in [0.1, 0.15) is 11.6 Å². The van der Waals surface area contributed by atoms with Gasteiger partial charge in [-0.1, -0.05) is 24.3 Å². The molecule has 0 aliphatic heterocycles. The minimum atomic E-state index is -0.933. The second-order valence-corrected chi connectivity index (χ2v) is 5.27. The Kier molecular flexibility index (Phi) is 5.11. The van der Waals surface area contributed by atoms with E-state index in [1.165, 1.54) is 0 Å². The van der Waals surface area contributed by atoms with Crippen molar-refractivity contribution in [2.75, 3.05) is 18.7 Å². The number of benzene rings is 2. The third-order valence-corrected chi connectivity index (χ3v) is 3.85. The Labute approximate surface area is 128 Å². The molecule has 0 fully saturated rings. The average Bonchev–Trinajstić information content (AvgIpc) is 2.53. The lowest BCUT2D eigenvalue weighted by atomic mass is 10.1. The highest BCUT2D eigenvalue weighted by molar-refractivity contribution is 7.98. The van der Waals surface area contributed by atoms with E-state index >= 15 is 0 Å². The summed E-state index contributed by atoms with van der Waals surface area (Å²) in [4.78, 5) is 12.6. The maximum absolute atomic E-state index is 11.5. The molecule has 0 aliphatic carbocycles. The lowest BCUT2D eigenvalue weighted by Gasteiger charge is -2.18. The van der Waals surface area contributed by atoms with Gasteiger partial charge in [0.05, 0.1) is 12.8 Å². The highest BCUT2D eigenvalue weighted by Gasteiger charge is 2.20. The predicted molar refractivity (Wildman–Crippen MR) is 85.2 cm³/mol. The van der Waals surface area contributed by atoms with E-state index in [1.807, 2.05) is 42.7 Å². The Morgan fingerprint density at radius 2 is 1.86 bits per heavy atom. The van der Waals surface area contributed by atoms with Gasteiger partial charge < -0.3 is 15.2 Å². The molecule has 4 nitrogen and oxygen atoms in total. The SMILES string of the molecule is COc1ccccc1NC(C(=O)O)c1ccc(SC)cc1. The van der Waals surface area contributed by atoms with Crippen LogP contribution in [0.4, 0.5) is 5.69 Å². The van der Waals surface area contributed by atoms with E-state index in [2.05, 4.69) is 5.32 Å². The van der Waals surface area contributed by atoms with Crippen molar-refractivity contribution in [3.63, 3.8) is 0 Å². The zero-order valence-corrected chi connectivity index (χ0v) is 12.7. The van der Waals surface area contributed by atoms with Crippen LogP contribution >= 0.6 is 11.8 Å². The number of methoxy groups -OCH3 is 1. The van der Waals surface area contributed by atoms with Crippen molar-refractivity contribution >= 4 is 23.4 Å². The van der Waals surface area contributed by atoms with Gasteiger partial charge >= 0.3 is 5.97 Å². The van der Waals surface area contributed by atoms with Crippen LogP contribution in [0, 0.1) is 0 Å². The summed E-state index contributed by atoms with van der Waals surface area (Å²) >= 11 is 1.62. The monoisotopic (exact) mass is 303 g/mol. The number of nitrogens with one attached hydrogen (secondary N) is 1. The van der Waals surface area contributed by atoms with Crippen molar-refractivity contribution in [2.24, 2.45) is 0 Å². The summed E-state index contributed by atoms with van der Waals surface area (Å²) in [6, 6.07) is 13.9. The smallest absolute Gasteiger partial charge is 0.330 e. The highest BCUT2D eigenvalue weighted by Crippen LogP contribution is 2.28. The predicted octanol–water partition coefficient (Wildman–Crippen LogP) is 3.65. The molecule has 1 atom stereocenters. The first-order chi connectivity index (χ1) is 10.2. The molecule has 0 saturated heterocycles. The number of thioether (sulfide) groups is 1. The molecule has 0 spiro atoms. The largest absolute Gasteiger partial charge is 0.495 e. The number of carboxylic acid groups (broad SMARTS) is 1. The maximum atomic E-state index is 11.5. The minimum absolute atomic E-state index is 0.615.